The van der Waals surface area contributed by atoms with Gasteiger partial charge >= 0.3 is 0 Å². The number of aryl methyl sites for hydroxylation is 1. The first-order valence-corrected chi connectivity index (χ1v) is 13.5. The molecule has 0 amide bonds. The zero-order valence-corrected chi connectivity index (χ0v) is 18.3. The van der Waals surface area contributed by atoms with Crippen molar-refractivity contribution in [1.29, 1.82) is 0 Å². The summed E-state index contributed by atoms with van der Waals surface area (Å²) in [5, 5.41) is 2.25. The summed E-state index contributed by atoms with van der Waals surface area (Å²) in [4.78, 5) is 4.26. The van der Waals surface area contributed by atoms with Crippen molar-refractivity contribution < 1.29 is 5.94 Å². The normalized spacial score (nSPS) is 17.9. The molecule has 3 aromatic rings. The van der Waals surface area contributed by atoms with Gasteiger partial charge in [0.1, 0.15) is 7.05 Å². The Kier molecular flexibility index (Phi) is 4.35. The molecule has 1 aliphatic heterocycles. The third-order valence-electron chi connectivity index (χ3n) is 6.54. The maximum Gasteiger partial charge on any atom is 0.220 e. The number of pyridine rings is 2. The van der Waals surface area contributed by atoms with E-state index in [1.807, 2.05) is 12.4 Å². The molecule has 1 fully saturated rings. The fraction of sp³-hybridized carbons (Fsp3) is 0.417. The highest BCUT2D eigenvalue weighted by atomic mass is 28.3. The molecule has 0 atom stereocenters. The van der Waals surface area contributed by atoms with E-state index in [2.05, 4.69) is 67.8 Å². The number of benzene rings is 1. The summed E-state index contributed by atoms with van der Waals surface area (Å²) in [5.41, 5.74) is 5.99. The molecule has 1 aromatic carbocycles. The number of hydrogen-bond acceptors (Lipinski definition) is 1. The van der Waals surface area contributed by atoms with Crippen LogP contribution in [0, 0.1) is 13.8 Å². The molecular formula is C24H31N2Si+. The Labute approximate surface area is 165 Å². The predicted octanol–water partition coefficient (Wildman–Crippen LogP) is 5.93. The minimum Gasteiger partial charge on any atom is -0.264 e. The summed E-state index contributed by atoms with van der Waals surface area (Å²) in [6.45, 7) is 9.22. The van der Waals surface area contributed by atoms with Crippen LogP contribution >= 0.6 is 0 Å². The van der Waals surface area contributed by atoms with Gasteiger partial charge in [-0.2, -0.15) is 4.57 Å². The average Bonchev–Trinajstić information content (AvgIpc) is 2.67. The smallest absolute Gasteiger partial charge is 0.220 e. The van der Waals surface area contributed by atoms with E-state index < -0.39 is 8.07 Å². The second-order valence-electron chi connectivity index (χ2n) is 9.05. The van der Waals surface area contributed by atoms with Gasteiger partial charge in [-0.1, -0.05) is 37.3 Å². The van der Waals surface area contributed by atoms with Gasteiger partial charge in [-0.05, 0) is 54.3 Å². The molecule has 0 bridgehead atoms. The molecule has 2 nitrogen and oxygen atoms in total. The monoisotopic (exact) mass is 376 g/mol. The maximum atomic E-state index is 8.79. The van der Waals surface area contributed by atoms with E-state index >= 15 is 0 Å². The van der Waals surface area contributed by atoms with Crippen LogP contribution in [0.2, 0.25) is 25.2 Å². The zero-order chi connectivity index (χ0) is 20.1. The van der Waals surface area contributed by atoms with Crippen LogP contribution in [0.3, 0.4) is 0 Å². The minimum atomic E-state index is -0.952. The minimum absolute atomic E-state index is 0.653. The maximum absolute atomic E-state index is 8.79. The highest BCUT2D eigenvalue weighted by Crippen LogP contribution is 2.39. The lowest BCUT2D eigenvalue weighted by molar-refractivity contribution is -0.665. The molecule has 0 unspecified atom stereocenters. The summed E-state index contributed by atoms with van der Waals surface area (Å²) in [6, 6.07) is 12.5. The number of aromatic nitrogens is 2. The number of nitrogens with zero attached hydrogens (tertiary/aromatic N) is 2. The molecule has 0 radical (unpaired) electrons. The molecule has 1 aliphatic rings. The highest BCUT2D eigenvalue weighted by Gasteiger charge is 2.29. The molecule has 2 aromatic heterocycles. The lowest BCUT2D eigenvalue weighted by Crippen LogP contribution is -2.35. The molecule has 3 heterocycles. The van der Waals surface area contributed by atoms with Gasteiger partial charge in [-0.25, -0.2) is 0 Å². The van der Waals surface area contributed by atoms with Crippen molar-refractivity contribution in [3.05, 3.63) is 59.5 Å². The van der Waals surface area contributed by atoms with Crippen LogP contribution in [0.5, 0.6) is 0 Å². The number of hydrogen-bond donors (Lipinski definition) is 0. The van der Waals surface area contributed by atoms with Gasteiger partial charge in [-0.3, -0.25) is 4.98 Å². The summed E-state index contributed by atoms with van der Waals surface area (Å²) < 4.78 is 11.0. The van der Waals surface area contributed by atoms with E-state index in [4.69, 9.17) is 1.37 Å². The van der Waals surface area contributed by atoms with E-state index in [0.29, 0.717) is 12.0 Å². The van der Waals surface area contributed by atoms with Crippen LogP contribution in [-0.4, -0.2) is 13.1 Å². The first-order chi connectivity index (χ1) is 13.3. The van der Waals surface area contributed by atoms with Crippen molar-refractivity contribution >= 4 is 18.8 Å². The molecule has 0 spiro atoms. The van der Waals surface area contributed by atoms with Crippen LogP contribution < -0.4 is 4.57 Å². The van der Waals surface area contributed by atoms with Crippen LogP contribution in [0.25, 0.3) is 22.0 Å². The molecular weight excluding hydrogens is 344 g/mol. The Morgan fingerprint density at radius 1 is 1.15 bits per heavy atom. The Balaban J connectivity index is 1.88. The van der Waals surface area contributed by atoms with Crippen molar-refractivity contribution in [3.8, 4) is 11.3 Å². The van der Waals surface area contributed by atoms with Gasteiger partial charge in [0.2, 0.25) is 5.69 Å². The fourth-order valence-electron chi connectivity index (χ4n) is 4.55. The average molecular weight is 377 g/mol. The van der Waals surface area contributed by atoms with Gasteiger partial charge in [-0.15, -0.1) is 0 Å². The van der Waals surface area contributed by atoms with Crippen molar-refractivity contribution in [3.63, 3.8) is 0 Å². The van der Waals surface area contributed by atoms with E-state index in [1.54, 1.807) is 0 Å². The second kappa shape index (κ2) is 6.86. The molecule has 4 rings (SSSR count). The highest BCUT2D eigenvalue weighted by molar-refractivity contribution is 6.77. The zero-order valence-electron chi connectivity index (χ0n) is 18.3. The summed E-state index contributed by atoms with van der Waals surface area (Å²) in [5.74, 6) is 0.657. The summed E-state index contributed by atoms with van der Waals surface area (Å²) >= 11 is 0. The van der Waals surface area contributed by atoms with E-state index in [-0.39, 0.29) is 0 Å². The summed E-state index contributed by atoms with van der Waals surface area (Å²) in [7, 11) is 1.12. The van der Waals surface area contributed by atoms with Crippen molar-refractivity contribution in [2.45, 2.75) is 57.8 Å². The van der Waals surface area contributed by atoms with Gasteiger partial charge in [0.15, 0.2) is 5.69 Å². The van der Waals surface area contributed by atoms with Crippen LogP contribution in [0.15, 0.2) is 42.7 Å². The van der Waals surface area contributed by atoms with Gasteiger partial charge in [0.25, 0.3) is 0 Å². The molecule has 0 N–H and O–H groups in total. The van der Waals surface area contributed by atoms with E-state index in [0.717, 1.165) is 11.1 Å². The van der Waals surface area contributed by atoms with Crippen molar-refractivity contribution in [2.24, 2.45) is 7.05 Å². The lowest BCUT2D eigenvalue weighted by Gasteiger charge is -2.33. The van der Waals surface area contributed by atoms with E-state index in [1.165, 1.54) is 52.7 Å². The molecule has 0 aliphatic carbocycles. The molecule has 27 heavy (non-hydrogen) atoms. The lowest BCUT2D eigenvalue weighted by atomic mass is 9.90. The topological polar surface area (TPSA) is 16.8 Å². The van der Waals surface area contributed by atoms with Crippen molar-refractivity contribution in [1.82, 2.24) is 4.98 Å². The third-order valence-corrected chi connectivity index (χ3v) is 9.82. The fourth-order valence-corrected chi connectivity index (χ4v) is 7.06. The predicted molar refractivity (Wildman–Crippen MR) is 117 cm³/mol. The second-order valence-corrected chi connectivity index (χ2v) is 14.4. The summed E-state index contributed by atoms with van der Waals surface area (Å²) in [6.07, 6.45) is 6.41. The quantitative estimate of drug-likeness (QED) is 0.400. The van der Waals surface area contributed by atoms with Crippen LogP contribution in [0.1, 0.15) is 37.0 Å². The van der Waals surface area contributed by atoms with Gasteiger partial charge in [0.05, 0.1) is 12.3 Å². The molecule has 0 saturated carbocycles. The SMILES string of the molecule is [2H]c1c(C)[n+](C)c(-c2ccncc2C)c2ccc(C3CC[Si](C)(C)CC3)cc12. The van der Waals surface area contributed by atoms with Crippen molar-refractivity contribution in [2.75, 3.05) is 0 Å². The number of rotatable bonds is 2. The van der Waals surface area contributed by atoms with E-state index in [9.17, 15) is 0 Å². The van der Waals surface area contributed by atoms with Gasteiger partial charge < -0.3 is 0 Å². The van der Waals surface area contributed by atoms with Crippen LogP contribution in [0.4, 0.5) is 0 Å². The molecule has 1 saturated heterocycles. The number of fused-ring (bicyclic) bond motifs is 1. The van der Waals surface area contributed by atoms with Crippen LogP contribution in [-0.2, 0) is 7.05 Å². The first-order valence-electron chi connectivity index (χ1n) is 10.6. The Hall–Kier alpha value is -2.00. The Morgan fingerprint density at radius 2 is 1.89 bits per heavy atom. The Morgan fingerprint density at radius 3 is 2.59 bits per heavy atom. The molecule has 140 valence electrons. The van der Waals surface area contributed by atoms with Gasteiger partial charge in [0, 0.05) is 33.4 Å². The largest absolute Gasteiger partial charge is 0.264 e. The standard InChI is InChI=1S/C24H31N2Si/c1-17-16-25-11-8-22(17)24-23-7-6-20(15-21(23)14-18(2)26(24)3)19-9-12-27(4,5)13-10-19/h6-8,11,14-16,19H,9-10,12-13H2,1-5H3/q+1/i14D. The third kappa shape index (κ3) is 3.45. The first kappa shape index (κ1) is 17.1. The molecule has 3 heteroatoms. The Bertz CT molecular complexity index is 1050.